The van der Waals surface area contributed by atoms with Crippen molar-refractivity contribution in [1.29, 1.82) is 0 Å². The van der Waals surface area contributed by atoms with Gasteiger partial charge in [-0.3, -0.25) is 4.57 Å². The molecule has 15 heteroatoms. The van der Waals surface area contributed by atoms with Crippen molar-refractivity contribution in [2.75, 3.05) is 24.6 Å². The Balaban J connectivity index is 1.45. The number of hydrogen-bond donors (Lipinski definition) is 5. The van der Waals surface area contributed by atoms with E-state index in [4.69, 9.17) is 27.5 Å². The summed E-state index contributed by atoms with van der Waals surface area (Å²) in [5, 5.41) is 51.9. The van der Waals surface area contributed by atoms with Crippen molar-refractivity contribution in [3.05, 3.63) is 47.5 Å². The van der Waals surface area contributed by atoms with Gasteiger partial charge in [-0.15, -0.1) is 6.42 Å². The Morgan fingerprint density at radius 2 is 1.93 bits per heavy atom. The molecule has 2 aromatic heterocycles. The van der Waals surface area contributed by atoms with Crippen LogP contribution in [0.25, 0.3) is 11.2 Å². The van der Waals surface area contributed by atoms with Gasteiger partial charge in [0.1, 0.15) is 12.2 Å². The third-order valence-corrected chi connectivity index (χ3v) is 7.50. The van der Waals surface area contributed by atoms with Crippen molar-refractivity contribution in [3.63, 3.8) is 0 Å². The van der Waals surface area contributed by atoms with Gasteiger partial charge in [-0.25, -0.2) is 14.6 Å². The molecule has 5 rings (SSSR count). The molecule has 2 fully saturated rings. The number of aromatic nitrogens is 4. The molecule has 2 saturated heterocycles. The molecular weight excluding hydrogens is 562 g/mol. The number of hydrogen-bond acceptors (Lipinski definition) is 11. The van der Waals surface area contributed by atoms with Crippen molar-refractivity contribution < 1.29 is 44.6 Å². The number of aliphatic carboxylic acids is 2. The molecule has 2 aliphatic rings. The van der Waals surface area contributed by atoms with Gasteiger partial charge in [-0.1, -0.05) is 36.3 Å². The van der Waals surface area contributed by atoms with E-state index in [0.29, 0.717) is 30.9 Å². The maximum atomic E-state index is 12.2. The van der Waals surface area contributed by atoms with Crippen LogP contribution in [0.3, 0.4) is 0 Å². The monoisotopic (exact) mass is 587 g/mol. The number of halogens is 1. The fraction of sp³-hybridized carbons (Fsp3) is 0.423. The number of imidazole rings is 1. The molecule has 1 aromatic carbocycles. The van der Waals surface area contributed by atoms with E-state index in [2.05, 4.69) is 20.9 Å². The van der Waals surface area contributed by atoms with Gasteiger partial charge in [0.15, 0.2) is 28.8 Å². The molecule has 41 heavy (non-hydrogen) atoms. The number of benzene rings is 1. The van der Waals surface area contributed by atoms with Crippen LogP contribution >= 0.6 is 11.6 Å². The standard InChI is InChI=1S/C26H26ClN5O9/c1-2-25(39)16(12-40-26(22(35)36,23(37)38)10-14-6-4-3-5-7-14)41-21(18(25)34)32-13-28-17-19(29-24(27)30-20(17)32)31-9-8-15(33)11-31/h1,3-7,13,15-16,18,21,33-34,39H,8-12H2,(H,35,36)(H,37,38)/t15-,16+,18-,21+,25+/m0/s1. The highest BCUT2D eigenvalue weighted by atomic mass is 35.5. The third kappa shape index (κ3) is 4.97. The van der Waals surface area contributed by atoms with Crippen LogP contribution in [0.1, 0.15) is 18.2 Å². The molecule has 3 aromatic rings. The first kappa shape index (κ1) is 28.7. The van der Waals surface area contributed by atoms with E-state index in [9.17, 15) is 35.1 Å². The normalized spacial score (nSPS) is 26.4. The number of aliphatic hydroxyl groups excluding tert-OH is 2. The largest absolute Gasteiger partial charge is 0.479 e. The molecule has 0 radical (unpaired) electrons. The number of β-amino-alcohol motifs (C(OH)–C–C–N with tert-alkyl or cyclic N) is 1. The summed E-state index contributed by atoms with van der Waals surface area (Å²) < 4.78 is 12.6. The minimum Gasteiger partial charge on any atom is -0.479 e. The molecule has 0 bridgehead atoms. The molecule has 216 valence electrons. The summed E-state index contributed by atoms with van der Waals surface area (Å²) in [5.74, 6) is -1.13. The lowest BCUT2D eigenvalue weighted by Crippen LogP contribution is -2.55. The SMILES string of the molecule is C#C[C@@]1(O)[C@@H](COC(Cc2ccccc2)(C(=O)O)C(=O)O)O[C@@H](n2cnc3c(N4CC[C@H](O)C4)nc(Cl)nc32)[C@@H]1O. The number of carboxylic acids is 2. The molecule has 5 atom stereocenters. The highest BCUT2D eigenvalue weighted by molar-refractivity contribution is 6.28. The van der Waals surface area contributed by atoms with Crippen LogP contribution in [0.15, 0.2) is 36.7 Å². The Labute approximate surface area is 237 Å². The van der Waals surface area contributed by atoms with E-state index < -0.39 is 60.7 Å². The minimum absolute atomic E-state index is 0.126. The molecule has 4 heterocycles. The fourth-order valence-corrected chi connectivity index (χ4v) is 5.21. The number of carbonyl (C=O) groups is 2. The Hall–Kier alpha value is -3.84. The van der Waals surface area contributed by atoms with Crippen molar-refractivity contribution in [2.24, 2.45) is 0 Å². The van der Waals surface area contributed by atoms with E-state index in [1.807, 2.05) is 0 Å². The van der Waals surface area contributed by atoms with E-state index in [0.717, 1.165) is 0 Å². The molecule has 14 nitrogen and oxygen atoms in total. The molecule has 0 spiro atoms. The number of ether oxygens (including phenoxy) is 2. The van der Waals surface area contributed by atoms with Crippen molar-refractivity contribution in [2.45, 2.75) is 48.6 Å². The summed E-state index contributed by atoms with van der Waals surface area (Å²) in [7, 11) is 0. The zero-order valence-corrected chi connectivity index (χ0v) is 22.1. The van der Waals surface area contributed by atoms with Gasteiger partial charge < -0.3 is 39.9 Å². The topological polar surface area (TPSA) is 201 Å². The molecular formula is C26H26ClN5O9. The first-order valence-electron chi connectivity index (χ1n) is 12.5. The van der Waals surface area contributed by atoms with Gasteiger partial charge >= 0.3 is 11.9 Å². The van der Waals surface area contributed by atoms with Crippen LogP contribution in [0.4, 0.5) is 5.82 Å². The Bertz CT molecular complexity index is 1500. The average molecular weight is 588 g/mol. The van der Waals surface area contributed by atoms with Crippen molar-refractivity contribution >= 4 is 40.5 Å². The number of nitrogens with zero attached hydrogens (tertiary/aromatic N) is 5. The number of fused-ring (bicyclic) bond motifs is 1. The number of carboxylic acid groups (broad SMARTS) is 2. The van der Waals surface area contributed by atoms with E-state index in [1.54, 1.807) is 35.2 Å². The summed E-state index contributed by atoms with van der Waals surface area (Å²) in [6.45, 7) is -0.0157. The predicted molar refractivity (Wildman–Crippen MR) is 141 cm³/mol. The second-order valence-corrected chi connectivity index (χ2v) is 10.2. The van der Waals surface area contributed by atoms with E-state index >= 15 is 0 Å². The van der Waals surface area contributed by atoms with Crippen LogP contribution in [0.2, 0.25) is 5.28 Å². The number of anilines is 1. The third-order valence-electron chi connectivity index (χ3n) is 7.33. The van der Waals surface area contributed by atoms with Crippen molar-refractivity contribution in [1.82, 2.24) is 19.5 Å². The van der Waals surface area contributed by atoms with Crippen LogP contribution in [-0.4, -0.2) is 106 Å². The Kier molecular flexibility index (Phi) is 7.60. The lowest BCUT2D eigenvalue weighted by atomic mass is 9.92. The first-order chi connectivity index (χ1) is 19.5. The van der Waals surface area contributed by atoms with Gasteiger partial charge in [0.2, 0.25) is 5.28 Å². The fourth-order valence-electron chi connectivity index (χ4n) is 5.05. The quantitative estimate of drug-likeness (QED) is 0.126. The second kappa shape index (κ2) is 10.9. The van der Waals surface area contributed by atoms with Crippen LogP contribution in [-0.2, 0) is 25.5 Å². The highest BCUT2D eigenvalue weighted by Crippen LogP contribution is 2.40. The van der Waals surface area contributed by atoms with Crippen LogP contribution in [0, 0.1) is 12.3 Å². The molecule has 0 unspecified atom stereocenters. The van der Waals surface area contributed by atoms with Gasteiger partial charge in [-0.05, 0) is 23.6 Å². The van der Waals surface area contributed by atoms with E-state index in [1.165, 1.54) is 10.9 Å². The first-order valence-corrected chi connectivity index (χ1v) is 12.9. The van der Waals surface area contributed by atoms with Gasteiger partial charge in [0, 0.05) is 19.5 Å². The minimum atomic E-state index is -2.75. The average Bonchev–Trinajstić information content (AvgIpc) is 3.63. The molecule has 5 N–H and O–H groups in total. The summed E-state index contributed by atoms with van der Waals surface area (Å²) in [5.41, 5.74) is -4.39. The van der Waals surface area contributed by atoms with Crippen LogP contribution < -0.4 is 4.90 Å². The highest BCUT2D eigenvalue weighted by Gasteiger charge is 2.58. The molecule has 2 aliphatic heterocycles. The zero-order chi connectivity index (χ0) is 29.5. The number of terminal acetylenes is 1. The smallest absolute Gasteiger partial charge is 0.348 e. The van der Waals surface area contributed by atoms with Crippen molar-refractivity contribution in [3.8, 4) is 12.3 Å². The molecule has 0 amide bonds. The lowest BCUT2D eigenvalue weighted by Gasteiger charge is -2.30. The van der Waals surface area contributed by atoms with Gasteiger partial charge in [0.25, 0.3) is 5.60 Å². The van der Waals surface area contributed by atoms with Gasteiger partial charge in [-0.2, -0.15) is 9.97 Å². The second-order valence-electron chi connectivity index (χ2n) is 9.87. The van der Waals surface area contributed by atoms with Gasteiger partial charge in [0.05, 0.1) is 19.0 Å². The summed E-state index contributed by atoms with van der Waals surface area (Å²) in [6, 6.07) is 8.00. The zero-order valence-electron chi connectivity index (χ0n) is 21.4. The maximum absolute atomic E-state index is 12.2. The summed E-state index contributed by atoms with van der Waals surface area (Å²) in [6.07, 6.45) is 1.49. The molecule has 0 aliphatic carbocycles. The van der Waals surface area contributed by atoms with Crippen LogP contribution in [0.5, 0.6) is 0 Å². The number of aliphatic hydroxyl groups is 3. The summed E-state index contributed by atoms with van der Waals surface area (Å²) >= 11 is 6.18. The Morgan fingerprint density at radius 1 is 1.22 bits per heavy atom. The summed E-state index contributed by atoms with van der Waals surface area (Å²) in [4.78, 5) is 38.9. The van der Waals surface area contributed by atoms with E-state index in [-0.39, 0.29) is 16.4 Å². The Morgan fingerprint density at radius 3 is 2.54 bits per heavy atom. The predicted octanol–water partition coefficient (Wildman–Crippen LogP) is -0.159. The molecule has 0 saturated carbocycles. The maximum Gasteiger partial charge on any atom is 0.348 e. The lowest BCUT2D eigenvalue weighted by molar-refractivity contribution is -0.191. The number of rotatable bonds is 9.